The Balaban J connectivity index is 3.57. The van der Waals surface area contributed by atoms with E-state index in [9.17, 15) is 4.79 Å². The Morgan fingerprint density at radius 1 is 0.913 bits per heavy atom. The Bertz CT molecular complexity index is 278. The van der Waals surface area contributed by atoms with Crippen molar-refractivity contribution in [3.05, 3.63) is 0 Å². The summed E-state index contributed by atoms with van der Waals surface area (Å²) in [6, 6.07) is 0. The van der Waals surface area contributed by atoms with Gasteiger partial charge in [-0.25, -0.2) is 0 Å². The van der Waals surface area contributed by atoms with E-state index in [0.717, 1.165) is 44.9 Å². The molecule has 138 valence electrons. The van der Waals surface area contributed by atoms with Crippen LogP contribution in [0.4, 0.5) is 0 Å². The maximum Gasteiger partial charge on any atom is 0.303 e. The van der Waals surface area contributed by atoms with Crippen LogP contribution in [-0.2, 0) is 4.79 Å². The highest BCUT2D eigenvalue weighted by Gasteiger charge is 2.18. The van der Waals surface area contributed by atoms with E-state index in [0.29, 0.717) is 11.7 Å². The lowest BCUT2D eigenvalue weighted by Gasteiger charge is -2.19. The van der Waals surface area contributed by atoms with E-state index in [4.69, 9.17) is 27.4 Å². The lowest BCUT2D eigenvalue weighted by molar-refractivity contribution is -0.137. The highest BCUT2D eigenvalue weighted by Crippen LogP contribution is 2.30. The minimum atomic E-state index is -0.691. The molecule has 23 heavy (non-hydrogen) atoms. The van der Waals surface area contributed by atoms with Crippen molar-refractivity contribution in [2.75, 3.05) is 0 Å². The van der Waals surface area contributed by atoms with Crippen LogP contribution >= 0.6 is 33.3 Å². The third kappa shape index (κ3) is 15.7. The van der Waals surface area contributed by atoms with Gasteiger partial charge < -0.3 is 5.11 Å². The van der Waals surface area contributed by atoms with Crippen LogP contribution in [0.1, 0.15) is 96.8 Å². The summed E-state index contributed by atoms with van der Waals surface area (Å²) < 4.78 is 0. The Morgan fingerprint density at radius 2 is 1.43 bits per heavy atom. The molecule has 0 aliphatic rings. The molecule has 0 aromatic carbocycles. The molecule has 5 heteroatoms. The van der Waals surface area contributed by atoms with E-state index in [2.05, 4.69) is 6.92 Å². The minimum Gasteiger partial charge on any atom is -0.481 e. The summed E-state index contributed by atoms with van der Waals surface area (Å²) in [6.45, 7) is 2.24. The lowest BCUT2D eigenvalue weighted by Crippen LogP contribution is -2.16. The number of carbonyl (C=O) groups is 1. The third-order valence-electron chi connectivity index (χ3n) is 4.23. The summed E-state index contributed by atoms with van der Waals surface area (Å²) in [6.07, 6.45) is 15.4. The normalized spacial score (nSPS) is 13.9. The van der Waals surface area contributed by atoms with E-state index < -0.39 is 5.97 Å². The van der Waals surface area contributed by atoms with Crippen molar-refractivity contribution in [3.63, 3.8) is 0 Å². The van der Waals surface area contributed by atoms with E-state index >= 15 is 0 Å². The van der Waals surface area contributed by atoms with Crippen molar-refractivity contribution in [3.8, 4) is 0 Å². The molecule has 0 saturated carbocycles. The van der Waals surface area contributed by atoms with Gasteiger partial charge in [-0.15, -0.1) is 11.6 Å². The molecule has 2 atom stereocenters. The Kier molecular flexibility index (Phi) is 17.5. The summed E-state index contributed by atoms with van der Waals surface area (Å²) in [5.41, 5.74) is 0. The zero-order valence-electron chi connectivity index (χ0n) is 14.6. The molecule has 0 saturated heterocycles. The predicted molar refractivity (Wildman–Crippen MR) is 105 cm³/mol. The van der Waals surface area contributed by atoms with E-state index in [1.807, 2.05) is 0 Å². The van der Waals surface area contributed by atoms with Crippen molar-refractivity contribution in [1.82, 2.24) is 0 Å². The number of hydrogen-bond acceptors (Lipinski definition) is 2. The Labute approximate surface area is 156 Å². The second kappa shape index (κ2) is 17.2. The Morgan fingerprint density at radius 3 is 2.00 bits per heavy atom. The number of halogens is 2. The first kappa shape index (κ1) is 23.4. The third-order valence-corrected chi connectivity index (χ3v) is 6.38. The van der Waals surface area contributed by atoms with Gasteiger partial charge in [0, 0.05) is 17.0 Å². The molecule has 0 heterocycles. The fourth-order valence-corrected chi connectivity index (χ4v) is 4.47. The molecule has 2 unspecified atom stereocenters. The molecular formula is C18H34Cl2O2S. The second-order valence-electron chi connectivity index (χ2n) is 6.40. The minimum absolute atomic E-state index is 0.177. The number of alkyl halides is 1. The van der Waals surface area contributed by atoms with Crippen molar-refractivity contribution >= 4 is 39.2 Å². The molecule has 0 radical (unpaired) electrons. The van der Waals surface area contributed by atoms with Gasteiger partial charge in [-0.1, -0.05) is 82.1 Å². The molecule has 0 aliphatic heterocycles. The van der Waals surface area contributed by atoms with Crippen LogP contribution in [0.2, 0.25) is 0 Å². The quantitative estimate of drug-likeness (QED) is 0.209. The molecule has 0 aromatic rings. The van der Waals surface area contributed by atoms with Crippen molar-refractivity contribution in [1.29, 1.82) is 0 Å². The van der Waals surface area contributed by atoms with E-state index in [1.54, 1.807) is 0 Å². The maximum absolute atomic E-state index is 10.4. The molecule has 0 amide bonds. The van der Waals surface area contributed by atoms with Gasteiger partial charge in [0.05, 0.1) is 0 Å². The van der Waals surface area contributed by atoms with Crippen LogP contribution in [-0.4, -0.2) is 21.7 Å². The van der Waals surface area contributed by atoms with Gasteiger partial charge in [0.2, 0.25) is 0 Å². The first-order valence-corrected chi connectivity index (χ1v) is 11.4. The summed E-state index contributed by atoms with van der Waals surface area (Å²) in [4.78, 5) is 10.4. The van der Waals surface area contributed by atoms with Crippen molar-refractivity contribution in [2.24, 2.45) is 0 Å². The van der Waals surface area contributed by atoms with Gasteiger partial charge in [0.25, 0.3) is 0 Å². The predicted octanol–water partition coefficient (Wildman–Crippen LogP) is 7.42. The summed E-state index contributed by atoms with van der Waals surface area (Å²) in [5, 5.41) is 9.10. The highest BCUT2D eigenvalue weighted by atomic mass is 35.7. The van der Waals surface area contributed by atoms with Crippen LogP contribution in [0.3, 0.4) is 0 Å². The molecule has 1 N–H and O–H groups in total. The van der Waals surface area contributed by atoms with Gasteiger partial charge in [0.15, 0.2) is 0 Å². The molecule has 0 spiro atoms. The largest absolute Gasteiger partial charge is 0.481 e. The molecule has 2 nitrogen and oxygen atoms in total. The maximum atomic E-state index is 10.4. The molecule has 0 bridgehead atoms. The molecule has 0 fully saturated rings. The number of unbranched alkanes of at least 4 members (excludes halogenated alkanes) is 9. The fraction of sp³-hybridized carbons (Fsp3) is 0.944. The second-order valence-corrected chi connectivity index (χ2v) is 8.28. The summed E-state index contributed by atoms with van der Waals surface area (Å²) in [7, 11) is 7.39. The highest BCUT2D eigenvalue weighted by molar-refractivity contribution is 8.21. The van der Waals surface area contributed by atoms with Gasteiger partial charge >= 0.3 is 5.97 Å². The number of hydrogen-bond donors (Lipinski definition) is 1. The Hall–Kier alpha value is 0.400. The van der Waals surface area contributed by atoms with Crippen LogP contribution in [0.15, 0.2) is 0 Å². The van der Waals surface area contributed by atoms with E-state index in [1.165, 1.54) is 49.5 Å². The smallest absolute Gasteiger partial charge is 0.303 e. The van der Waals surface area contributed by atoms with Gasteiger partial charge in [-0.05, 0) is 29.9 Å². The van der Waals surface area contributed by atoms with Crippen LogP contribution < -0.4 is 0 Å². The molecular weight excluding hydrogens is 351 g/mol. The van der Waals surface area contributed by atoms with Crippen LogP contribution in [0.5, 0.6) is 0 Å². The monoisotopic (exact) mass is 384 g/mol. The molecule has 0 aliphatic carbocycles. The van der Waals surface area contributed by atoms with Crippen LogP contribution in [0, 0.1) is 0 Å². The van der Waals surface area contributed by atoms with Gasteiger partial charge in [-0.2, -0.15) is 0 Å². The molecule has 0 aromatic heterocycles. The average Bonchev–Trinajstić information content (AvgIpc) is 2.53. The summed E-state index contributed by atoms with van der Waals surface area (Å²) >= 11 is 6.51. The number of aliphatic carboxylic acids is 1. The van der Waals surface area contributed by atoms with Crippen molar-refractivity contribution in [2.45, 2.75) is 107 Å². The van der Waals surface area contributed by atoms with Gasteiger partial charge in [0.1, 0.15) is 0 Å². The lowest BCUT2D eigenvalue weighted by atomic mass is 10.0. The topological polar surface area (TPSA) is 37.3 Å². The van der Waals surface area contributed by atoms with E-state index in [-0.39, 0.29) is 5.38 Å². The zero-order valence-corrected chi connectivity index (χ0v) is 16.9. The first-order valence-electron chi connectivity index (χ1n) is 9.25. The summed E-state index contributed by atoms with van der Waals surface area (Å²) in [5.74, 6) is -0.691. The average molecular weight is 385 g/mol. The first-order chi connectivity index (χ1) is 11.1. The zero-order chi connectivity index (χ0) is 17.3. The van der Waals surface area contributed by atoms with Crippen molar-refractivity contribution < 1.29 is 9.90 Å². The SMILES string of the molecule is CCCCCCCCC(Cl)C(CCCCCCCC(=O)O)SCl. The number of carboxylic acids is 1. The van der Waals surface area contributed by atoms with Gasteiger partial charge in [-0.3, -0.25) is 4.79 Å². The number of carboxylic acid groups (broad SMARTS) is 1. The standard InChI is InChI=1S/C18H34Cl2O2S/c1-2-3-4-5-7-10-13-16(19)17(23-20)14-11-8-6-9-12-15-18(21)22/h16-17H,2-15H2,1H3,(H,21,22). The fourth-order valence-electron chi connectivity index (χ4n) is 2.74. The molecule has 0 rings (SSSR count). The van der Waals surface area contributed by atoms with Crippen LogP contribution in [0.25, 0.3) is 0 Å². The number of rotatable bonds is 17.